The average molecular weight is 314 g/mol. The molecule has 0 radical (unpaired) electrons. The summed E-state index contributed by atoms with van der Waals surface area (Å²) in [5.41, 5.74) is 4.91. The van der Waals surface area contributed by atoms with E-state index in [1.807, 2.05) is 31.4 Å². The molecule has 0 aliphatic rings. The van der Waals surface area contributed by atoms with Crippen LogP contribution in [0.4, 0.5) is 24.5 Å². The van der Waals surface area contributed by atoms with Crippen LogP contribution >= 0.6 is 11.3 Å². The minimum atomic E-state index is -4.44. The molecule has 6 heteroatoms. The van der Waals surface area contributed by atoms with Crippen LogP contribution in [0.5, 0.6) is 0 Å². The number of thiophene rings is 1. The molecule has 1 unspecified atom stereocenters. The molecule has 0 saturated heterocycles. The number of rotatable bonds is 4. The third kappa shape index (κ3) is 3.69. The van der Waals surface area contributed by atoms with E-state index in [0.29, 0.717) is 0 Å². The van der Waals surface area contributed by atoms with Gasteiger partial charge in [0, 0.05) is 16.3 Å². The molecule has 1 heterocycles. The highest BCUT2D eigenvalue weighted by Gasteiger charge is 2.34. The molecule has 0 spiro atoms. The molecule has 1 aromatic carbocycles. The van der Waals surface area contributed by atoms with E-state index < -0.39 is 11.7 Å². The highest BCUT2D eigenvalue weighted by molar-refractivity contribution is 7.10. The molecule has 114 valence electrons. The first-order chi connectivity index (χ1) is 9.79. The van der Waals surface area contributed by atoms with Gasteiger partial charge in [0.25, 0.3) is 0 Å². The Morgan fingerprint density at radius 3 is 2.43 bits per heavy atom. The molecule has 0 fully saturated rings. The lowest BCUT2D eigenvalue weighted by atomic mass is 10.0. The Kier molecular flexibility index (Phi) is 4.46. The lowest BCUT2D eigenvalue weighted by molar-refractivity contribution is -0.136. The number of benzene rings is 1. The first-order valence-electron chi connectivity index (χ1n) is 6.55. The number of nitrogen functional groups attached to an aromatic ring is 1. The van der Waals surface area contributed by atoms with Crippen molar-refractivity contribution in [2.24, 2.45) is 5.92 Å². The standard InChI is InChI=1S/C15H17F3N2S/c1-9(2)14(13-4-3-7-21-13)20-12-6-5-10(19)8-11(12)15(16,17)18/h3-9,14,20H,19H2,1-2H3. The van der Waals surface area contributed by atoms with E-state index in [1.165, 1.54) is 23.5 Å². The van der Waals surface area contributed by atoms with Gasteiger partial charge in [-0.3, -0.25) is 0 Å². The molecule has 0 aliphatic heterocycles. The fraction of sp³-hybridized carbons (Fsp3) is 0.333. The number of nitrogens with one attached hydrogen (secondary N) is 1. The van der Waals surface area contributed by atoms with E-state index in [-0.39, 0.29) is 23.3 Å². The van der Waals surface area contributed by atoms with Gasteiger partial charge in [-0.1, -0.05) is 19.9 Å². The minimum Gasteiger partial charge on any atom is -0.399 e. The first-order valence-corrected chi connectivity index (χ1v) is 7.43. The monoisotopic (exact) mass is 314 g/mol. The van der Waals surface area contributed by atoms with Crippen molar-refractivity contribution in [2.45, 2.75) is 26.1 Å². The van der Waals surface area contributed by atoms with E-state index in [2.05, 4.69) is 5.32 Å². The van der Waals surface area contributed by atoms with Gasteiger partial charge in [0.2, 0.25) is 0 Å². The van der Waals surface area contributed by atoms with E-state index in [1.54, 1.807) is 0 Å². The highest BCUT2D eigenvalue weighted by Crippen LogP contribution is 2.39. The Balaban J connectivity index is 2.38. The van der Waals surface area contributed by atoms with Gasteiger partial charge in [-0.15, -0.1) is 11.3 Å². The van der Waals surface area contributed by atoms with Gasteiger partial charge in [0.1, 0.15) is 0 Å². The summed E-state index contributed by atoms with van der Waals surface area (Å²) < 4.78 is 39.4. The summed E-state index contributed by atoms with van der Waals surface area (Å²) in [6, 6.07) is 7.48. The first kappa shape index (κ1) is 15.7. The van der Waals surface area contributed by atoms with E-state index in [0.717, 1.165) is 10.9 Å². The van der Waals surface area contributed by atoms with Gasteiger partial charge in [0.15, 0.2) is 0 Å². The van der Waals surface area contributed by atoms with E-state index in [4.69, 9.17) is 5.73 Å². The number of alkyl halides is 3. The third-order valence-electron chi connectivity index (χ3n) is 3.18. The second-order valence-corrected chi connectivity index (χ2v) is 6.16. The van der Waals surface area contributed by atoms with Gasteiger partial charge in [-0.05, 0) is 35.6 Å². The average Bonchev–Trinajstić information content (AvgIpc) is 2.89. The zero-order chi connectivity index (χ0) is 15.6. The van der Waals surface area contributed by atoms with Gasteiger partial charge in [-0.25, -0.2) is 0 Å². The molecule has 0 bridgehead atoms. The summed E-state index contributed by atoms with van der Waals surface area (Å²) in [6.07, 6.45) is -4.44. The van der Waals surface area contributed by atoms with Crippen molar-refractivity contribution in [1.82, 2.24) is 0 Å². The van der Waals surface area contributed by atoms with Crippen LogP contribution in [0.1, 0.15) is 30.3 Å². The van der Waals surface area contributed by atoms with Crippen molar-refractivity contribution in [3.63, 3.8) is 0 Å². The zero-order valence-corrected chi connectivity index (χ0v) is 12.6. The fourth-order valence-corrected chi connectivity index (χ4v) is 3.07. The maximum Gasteiger partial charge on any atom is 0.418 e. The van der Waals surface area contributed by atoms with E-state index >= 15 is 0 Å². The van der Waals surface area contributed by atoms with Crippen molar-refractivity contribution >= 4 is 22.7 Å². The van der Waals surface area contributed by atoms with Crippen LogP contribution < -0.4 is 11.1 Å². The Morgan fingerprint density at radius 1 is 1.19 bits per heavy atom. The summed E-state index contributed by atoms with van der Waals surface area (Å²) in [5, 5.41) is 4.93. The molecular formula is C15H17F3N2S. The second-order valence-electron chi connectivity index (χ2n) is 5.18. The Labute approximate surface area is 125 Å². The van der Waals surface area contributed by atoms with Gasteiger partial charge >= 0.3 is 6.18 Å². The maximum atomic E-state index is 13.1. The number of halogens is 3. The van der Waals surface area contributed by atoms with Crippen LogP contribution in [0.3, 0.4) is 0 Å². The number of hydrogen-bond donors (Lipinski definition) is 2. The molecule has 3 N–H and O–H groups in total. The van der Waals surface area contributed by atoms with Gasteiger partial charge in [0.05, 0.1) is 11.6 Å². The minimum absolute atomic E-state index is 0.0591. The molecule has 0 saturated carbocycles. The van der Waals surface area contributed by atoms with Crippen molar-refractivity contribution < 1.29 is 13.2 Å². The topological polar surface area (TPSA) is 38.0 Å². The van der Waals surface area contributed by atoms with Crippen molar-refractivity contribution in [1.29, 1.82) is 0 Å². The van der Waals surface area contributed by atoms with Gasteiger partial charge in [-0.2, -0.15) is 13.2 Å². The fourth-order valence-electron chi connectivity index (χ4n) is 2.12. The van der Waals surface area contributed by atoms with Crippen molar-refractivity contribution in [3.05, 3.63) is 46.2 Å². The predicted octanol–water partition coefficient (Wildman–Crippen LogP) is 5.16. The summed E-state index contributed by atoms with van der Waals surface area (Å²) in [7, 11) is 0. The largest absolute Gasteiger partial charge is 0.418 e. The van der Waals surface area contributed by atoms with Crippen LogP contribution in [0, 0.1) is 5.92 Å². The van der Waals surface area contributed by atoms with Crippen LogP contribution in [-0.4, -0.2) is 0 Å². The van der Waals surface area contributed by atoms with Crippen LogP contribution in [0.25, 0.3) is 0 Å². The van der Waals surface area contributed by atoms with Crippen LogP contribution in [0.15, 0.2) is 35.7 Å². The molecule has 1 aromatic heterocycles. The molecular weight excluding hydrogens is 297 g/mol. The van der Waals surface area contributed by atoms with Crippen LogP contribution in [0.2, 0.25) is 0 Å². The summed E-state index contributed by atoms with van der Waals surface area (Å²) in [4.78, 5) is 1.01. The molecule has 0 aliphatic carbocycles. The quantitative estimate of drug-likeness (QED) is 0.765. The third-order valence-corrected chi connectivity index (χ3v) is 4.13. The molecule has 2 nitrogen and oxygen atoms in total. The number of hydrogen-bond acceptors (Lipinski definition) is 3. The predicted molar refractivity (Wildman–Crippen MR) is 81.4 cm³/mol. The van der Waals surface area contributed by atoms with E-state index in [9.17, 15) is 13.2 Å². The lowest BCUT2D eigenvalue weighted by Crippen LogP contribution is -2.19. The molecule has 21 heavy (non-hydrogen) atoms. The molecule has 2 rings (SSSR count). The smallest absolute Gasteiger partial charge is 0.399 e. The highest BCUT2D eigenvalue weighted by atomic mass is 32.1. The van der Waals surface area contributed by atoms with Crippen LogP contribution in [-0.2, 0) is 6.18 Å². The second kappa shape index (κ2) is 5.97. The summed E-state index contributed by atoms with van der Waals surface area (Å²) in [5.74, 6) is 0.155. The number of anilines is 2. The maximum absolute atomic E-state index is 13.1. The molecule has 1 atom stereocenters. The number of nitrogens with two attached hydrogens (primary N) is 1. The van der Waals surface area contributed by atoms with Crippen molar-refractivity contribution in [3.8, 4) is 0 Å². The molecule has 2 aromatic rings. The SMILES string of the molecule is CC(C)C(Nc1ccc(N)cc1C(F)(F)F)c1cccs1. The normalized spacial score (nSPS) is 13.4. The lowest BCUT2D eigenvalue weighted by Gasteiger charge is -2.25. The zero-order valence-electron chi connectivity index (χ0n) is 11.7. The Bertz CT molecular complexity index is 591. The Morgan fingerprint density at radius 2 is 1.90 bits per heavy atom. The summed E-state index contributed by atoms with van der Waals surface area (Å²) in [6.45, 7) is 3.95. The van der Waals surface area contributed by atoms with Gasteiger partial charge < -0.3 is 11.1 Å². The Hall–Kier alpha value is -1.69. The molecule has 0 amide bonds. The van der Waals surface area contributed by atoms with Crippen molar-refractivity contribution in [2.75, 3.05) is 11.1 Å². The summed E-state index contributed by atoms with van der Waals surface area (Å²) >= 11 is 1.53.